The van der Waals surface area contributed by atoms with Gasteiger partial charge in [0, 0.05) is 4.47 Å². The highest BCUT2D eigenvalue weighted by molar-refractivity contribution is 9.10. The molecule has 2 rings (SSSR count). The summed E-state index contributed by atoms with van der Waals surface area (Å²) >= 11 is 14.3. The van der Waals surface area contributed by atoms with Crippen LogP contribution in [0.25, 0.3) is 0 Å². The molecule has 0 aromatic heterocycles. The second-order valence-electron chi connectivity index (χ2n) is 4.92. The van der Waals surface area contributed by atoms with E-state index in [0.29, 0.717) is 35.3 Å². The van der Waals surface area contributed by atoms with Crippen LogP contribution in [-0.2, 0) is 0 Å². The Bertz CT molecular complexity index is 788. The fourth-order valence-corrected chi connectivity index (χ4v) is 2.55. The molecule has 0 saturated heterocycles. The molecule has 0 bridgehead atoms. The predicted octanol–water partition coefficient (Wildman–Crippen LogP) is 3.74. The molecule has 6 nitrogen and oxygen atoms in total. The third-order valence-corrected chi connectivity index (χ3v) is 3.95. The first-order valence-electron chi connectivity index (χ1n) is 7.47. The van der Waals surface area contributed by atoms with Gasteiger partial charge in [-0.15, -0.1) is 0 Å². The Labute approximate surface area is 170 Å². The van der Waals surface area contributed by atoms with E-state index >= 15 is 0 Å². The highest BCUT2D eigenvalue weighted by Crippen LogP contribution is 2.36. The van der Waals surface area contributed by atoms with Crippen LogP contribution in [0.5, 0.6) is 17.2 Å². The smallest absolute Gasteiger partial charge is 0.184 e. The molecule has 0 fully saturated rings. The van der Waals surface area contributed by atoms with Gasteiger partial charge in [-0.1, -0.05) is 27.5 Å². The maximum absolute atomic E-state index is 6.28. The zero-order chi connectivity index (χ0) is 18.9. The van der Waals surface area contributed by atoms with Crippen molar-refractivity contribution in [2.75, 3.05) is 20.3 Å². The molecule has 0 aliphatic carbocycles. The molecule has 0 unspecified atom stereocenters. The summed E-state index contributed by atoms with van der Waals surface area (Å²) in [5, 5.41) is 4.35. The molecule has 26 heavy (non-hydrogen) atoms. The highest BCUT2D eigenvalue weighted by Gasteiger charge is 2.11. The van der Waals surface area contributed by atoms with Crippen molar-refractivity contribution in [1.29, 1.82) is 0 Å². The van der Waals surface area contributed by atoms with E-state index in [9.17, 15) is 0 Å². The summed E-state index contributed by atoms with van der Waals surface area (Å²) in [6, 6.07) is 11.0. The summed E-state index contributed by atoms with van der Waals surface area (Å²) in [4.78, 5) is 0. The van der Waals surface area contributed by atoms with Gasteiger partial charge in [-0.25, -0.2) is 0 Å². The third kappa shape index (κ3) is 6.36. The normalized spacial score (nSPS) is 10.6. The van der Waals surface area contributed by atoms with Crippen LogP contribution in [0.3, 0.4) is 0 Å². The first-order valence-corrected chi connectivity index (χ1v) is 9.04. The number of hydrazone groups is 1. The molecule has 0 radical (unpaired) electrons. The summed E-state index contributed by atoms with van der Waals surface area (Å²) in [7, 11) is 1.53. The van der Waals surface area contributed by atoms with Crippen LogP contribution in [0.15, 0.2) is 46.0 Å². The van der Waals surface area contributed by atoms with Gasteiger partial charge in [-0.2, -0.15) is 5.10 Å². The Hall–Kier alpha value is -2.03. The van der Waals surface area contributed by atoms with Crippen molar-refractivity contribution in [3.63, 3.8) is 0 Å². The first kappa shape index (κ1) is 20.3. The number of hydrogen-bond donors (Lipinski definition) is 2. The Balaban J connectivity index is 1.96. The lowest BCUT2D eigenvalue weighted by Crippen LogP contribution is -2.23. The molecule has 3 N–H and O–H groups in total. The average Bonchev–Trinajstić information content (AvgIpc) is 2.61. The van der Waals surface area contributed by atoms with Crippen LogP contribution in [0, 0.1) is 0 Å². The second kappa shape index (κ2) is 10.2. The van der Waals surface area contributed by atoms with Crippen LogP contribution < -0.4 is 25.4 Å². The third-order valence-electron chi connectivity index (χ3n) is 3.05. The van der Waals surface area contributed by atoms with Crippen LogP contribution in [0.4, 0.5) is 0 Å². The number of ether oxygens (including phenoxy) is 3. The van der Waals surface area contributed by atoms with Crippen LogP contribution in [0.2, 0.25) is 5.02 Å². The first-order chi connectivity index (χ1) is 12.5. The Kier molecular flexibility index (Phi) is 7.96. The lowest BCUT2D eigenvalue weighted by atomic mass is 10.2. The van der Waals surface area contributed by atoms with Crippen LogP contribution in [-0.4, -0.2) is 31.7 Å². The second-order valence-corrected chi connectivity index (χ2v) is 6.68. The standard InChI is InChI=1S/C17H17BrClN3O3S/c1-23-15-9-11(10-21-22-17(20)26)8-14(19)16(15)25-7-6-24-13-4-2-12(18)3-5-13/h2-5,8-10H,6-7H2,1H3,(H3,20,22,26). The lowest BCUT2D eigenvalue weighted by Gasteiger charge is -2.13. The molecule has 0 spiro atoms. The molecule has 0 aliphatic rings. The number of halogens is 2. The van der Waals surface area contributed by atoms with Crippen molar-refractivity contribution >= 4 is 51.1 Å². The quantitative estimate of drug-likeness (QED) is 0.272. The van der Waals surface area contributed by atoms with E-state index in [2.05, 4.69) is 38.7 Å². The summed E-state index contributed by atoms with van der Waals surface area (Å²) in [5.41, 5.74) is 8.48. The van der Waals surface area contributed by atoms with Crippen LogP contribution >= 0.6 is 39.7 Å². The topological polar surface area (TPSA) is 78.1 Å². The minimum atomic E-state index is 0.0741. The Morgan fingerprint density at radius 1 is 1.27 bits per heavy atom. The van der Waals surface area contributed by atoms with Crippen molar-refractivity contribution in [3.05, 3.63) is 51.5 Å². The van der Waals surface area contributed by atoms with E-state index in [-0.39, 0.29) is 5.11 Å². The minimum absolute atomic E-state index is 0.0741. The largest absolute Gasteiger partial charge is 0.493 e. The Morgan fingerprint density at radius 3 is 2.62 bits per heavy atom. The number of hydrogen-bond acceptors (Lipinski definition) is 5. The molecule has 0 saturated carbocycles. The molecule has 9 heteroatoms. The monoisotopic (exact) mass is 457 g/mol. The number of benzene rings is 2. The van der Waals surface area contributed by atoms with Crippen molar-refractivity contribution < 1.29 is 14.2 Å². The summed E-state index contributed by atoms with van der Waals surface area (Å²) in [6.45, 7) is 0.671. The molecule has 2 aromatic rings. The molecular formula is C17H17BrClN3O3S. The van der Waals surface area contributed by atoms with E-state index in [1.54, 1.807) is 12.1 Å². The van der Waals surface area contributed by atoms with Crippen molar-refractivity contribution in [1.82, 2.24) is 5.43 Å². The van der Waals surface area contributed by atoms with E-state index in [4.69, 9.17) is 31.5 Å². The summed E-state index contributed by atoms with van der Waals surface area (Å²) in [5.74, 6) is 1.68. The fourth-order valence-electron chi connectivity index (χ4n) is 1.96. The molecular weight excluding hydrogens is 442 g/mol. The Morgan fingerprint density at radius 2 is 1.96 bits per heavy atom. The minimum Gasteiger partial charge on any atom is -0.493 e. The van der Waals surface area contributed by atoms with Crippen molar-refractivity contribution in [2.45, 2.75) is 0 Å². The zero-order valence-corrected chi connectivity index (χ0v) is 17.0. The zero-order valence-electron chi connectivity index (χ0n) is 13.9. The van der Waals surface area contributed by atoms with E-state index in [0.717, 1.165) is 10.2 Å². The number of methoxy groups -OCH3 is 1. The van der Waals surface area contributed by atoms with Gasteiger partial charge < -0.3 is 19.9 Å². The van der Waals surface area contributed by atoms with Gasteiger partial charge in [0.25, 0.3) is 0 Å². The van der Waals surface area contributed by atoms with Gasteiger partial charge in [-0.3, -0.25) is 5.43 Å². The molecule has 0 atom stereocenters. The van der Waals surface area contributed by atoms with E-state index < -0.39 is 0 Å². The predicted molar refractivity (Wildman–Crippen MR) is 111 cm³/mol. The molecule has 2 aromatic carbocycles. The lowest BCUT2D eigenvalue weighted by molar-refractivity contribution is 0.211. The summed E-state index contributed by atoms with van der Waals surface area (Å²) in [6.07, 6.45) is 1.52. The molecule has 0 heterocycles. The molecule has 138 valence electrons. The number of nitrogens with zero attached hydrogens (tertiary/aromatic N) is 1. The van der Waals surface area contributed by atoms with Crippen LogP contribution in [0.1, 0.15) is 5.56 Å². The van der Waals surface area contributed by atoms with Crippen molar-refractivity contribution in [2.24, 2.45) is 10.8 Å². The van der Waals surface area contributed by atoms with Gasteiger partial charge in [0.15, 0.2) is 16.6 Å². The van der Waals surface area contributed by atoms with Gasteiger partial charge in [0.2, 0.25) is 0 Å². The summed E-state index contributed by atoms with van der Waals surface area (Å²) < 4.78 is 17.6. The fraction of sp³-hybridized carbons (Fsp3) is 0.176. The highest BCUT2D eigenvalue weighted by atomic mass is 79.9. The number of rotatable bonds is 8. The van der Waals surface area contributed by atoms with Gasteiger partial charge in [0.1, 0.15) is 19.0 Å². The number of nitrogens with two attached hydrogens (primary N) is 1. The number of thiocarbonyl (C=S) groups is 1. The van der Waals surface area contributed by atoms with Gasteiger partial charge in [-0.05, 0) is 54.2 Å². The average molecular weight is 459 g/mol. The van der Waals surface area contributed by atoms with Gasteiger partial charge >= 0.3 is 0 Å². The van der Waals surface area contributed by atoms with E-state index in [1.165, 1.54) is 13.3 Å². The number of nitrogens with one attached hydrogen (secondary N) is 1. The molecule has 0 aliphatic heterocycles. The van der Waals surface area contributed by atoms with Crippen molar-refractivity contribution in [3.8, 4) is 17.2 Å². The maximum atomic E-state index is 6.28. The van der Waals surface area contributed by atoms with E-state index in [1.807, 2.05) is 24.3 Å². The molecule has 0 amide bonds. The van der Waals surface area contributed by atoms with Gasteiger partial charge in [0.05, 0.1) is 18.3 Å². The SMILES string of the molecule is COc1cc(C=NNC(N)=S)cc(Cl)c1OCCOc1ccc(Br)cc1. The maximum Gasteiger partial charge on any atom is 0.184 e.